The number of imidazole rings is 2. The van der Waals surface area contributed by atoms with E-state index in [-0.39, 0.29) is 0 Å². The van der Waals surface area contributed by atoms with Crippen molar-refractivity contribution in [2.24, 2.45) is 7.05 Å². The van der Waals surface area contributed by atoms with Crippen molar-refractivity contribution < 1.29 is 0 Å². The van der Waals surface area contributed by atoms with Crippen LogP contribution in [0.2, 0.25) is 0 Å². The standard InChI is InChI=1S/C16H15N5/c1-9-18-12-5-3-10(7-13(12)19-9)16-20-14-8-11(17)4-6-15(14)21(16)2/h3-8H,17H2,1-2H3,(H,18,19). The molecule has 2 aromatic heterocycles. The molecule has 5 nitrogen and oxygen atoms in total. The summed E-state index contributed by atoms with van der Waals surface area (Å²) in [5.41, 5.74) is 11.6. The number of nitrogens with zero attached hydrogens (tertiary/aromatic N) is 3. The number of anilines is 1. The molecule has 0 aliphatic carbocycles. The second-order valence-electron chi connectivity index (χ2n) is 5.30. The van der Waals surface area contributed by atoms with Gasteiger partial charge in [0.15, 0.2) is 0 Å². The highest BCUT2D eigenvalue weighted by atomic mass is 15.1. The highest BCUT2D eigenvalue weighted by molar-refractivity contribution is 5.86. The fourth-order valence-electron chi connectivity index (χ4n) is 2.75. The van der Waals surface area contributed by atoms with Gasteiger partial charge in [0.1, 0.15) is 11.6 Å². The van der Waals surface area contributed by atoms with E-state index in [4.69, 9.17) is 10.7 Å². The van der Waals surface area contributed by atoms with Crippen molar-refractivity contribution in [3.05, 3.63) is 42.2 Å². The number of nitrogens with two attached hydrogens (primary N) is 1. The molecule has 0 fully saturated rings. The second-order valence-corrected chi connectivity index (χ2v) is 5.30. The highest BCUT2D eigenvalue weighted by Gasteiger charge is 2.11. The van der Waals surface area contributed by atoms with E-state index < -0.39 is 0 Å². The maximum absolute atomic E-state index is 5.84. The molecule has 2 heterocycles. The molecule has 0 aliphatic heterocycles. The summed E-state index contributed by atoms with van der Waals surface area (Å²) in [6.07, 6.45) is 0. The number of nitrogen functional groups attached to an aromatic ring is 1. The lowest BCUT2D eigenvalue weighted by Crippen LogP contribution is -1.92. The predicted octanol–water partition coefficient (Wildman–Crippen LogP) is 3.01. The Bertz CT molecular complexity index is 977. The summed E-state index contributed by atoms with van der Waals surface area (Å²) in [6, 6.07) is 11.9. The first-order valence-corrected chi connectivity index (χ1v) is 6.80. The van der Waals surface area contributed by atoms with Gasteiger partial charge in [-0.2, -0.15) is 0 Å². The maximum Gasteiger partial charge on any atom is 0.140 e. The van der Waals surface area contributed by atoms with Crippen LogP contribution in [0.5, 0.6) is 0 Å². The molecule has 0 atom stereocenters. The largest absolute Gasteiger partial charge is 0.399 e. The molecule has 0 radical (unpaired) electrons. The van der Waals surface area contributed by atoms with Crippen molar-refractivity contribution in [2.75, 3.05) is 5.73 Å². The van der Waals surface area contributed by atoms with E-state index >= 15 is 0 Å². The molecule has 0 unspecified atom stereocenters. The van der Waals surface area contributed by atoms with Crippen LogP contribution >= 0.6 is 0 Å². The van der Waals surface area contributed by atoms with Gasteiger partial charge in [0.2, 0.25) is 0 Å². The van der Waals surface area contributed by atoms with Crippen LogP contribution in [0.15, 0.2) is 36.4 Å². The molecule has 0 aliphatic rings. The molecule has 0 amide bonds. The molecular weight excluding hydrogens is 262 g/mol. The molecule has 0 saturated carbocycles. The number of aromatic amines is 1. The van der Waals surface area contributed by atoms with Gasteiger partial charge in [-0.15, -0.1) is 0 Å². The van der Waals surface area contributed by atoms with Gasteiger partial charge in [-0.1, -0.05) is 0 Å². The number of rotatable bonds is 1. The fourth-order valence-corrected chi connectivity index (χ4v) is 2.75. The summed E-state index contributed by atoms with van der Waals surface area (Å²) in [5.74, 6) is 1.84. The minimum absolute atomic E-state index is 0.729. The Morgan fingerprint density at radius 1 is 1.05 bits per heavy atom. The van der Waals surface area contributed by atoms with Gasteiger partial charge in [0.05, 0.1) is 22.1 Å². The number of hydrogen-bond donors (Lipinski definition) is 2. The summed E-state index contributed by atoms with van der Waals surface area (Å²) in [4.78, 5) is 12.4. The van der Waals surface area contributed by atoms with Gasteiger partial charge in [0.25, 0.3) is 0 Å². The maximum atomic E-state index is 5.84. The monoisotopic (exact) mass is 277 g/mol. The molecule has 3 N–H and O–H groups in total. The molecule has 104 valence electrons. The smallest absolute Gasteiger partial charge is 0.140 e. The lowest BCUT2D eigenvalue weighted by molar-refractivity contribution is 0.960. The summed E-state index contributed by atoms with van der Waals surface area (Å²) in [5, 5.41) is 0. The first-order valence-electron chi connectivity index (χ1n) is 6.80. The minimum Gasteiger partial charge on any atom is -0.399 e. The van der Waals surface area contributed by atoms with Crippen LogP contribution < -0.4 is 5.73 Å². The first kappa shape index (κ1) is 12.0. The zero-order chi connectivity index (χ0) is 14.6. The van der Waals surface area contributed by atoms with Crippen LogP contribution in [-0.2, 0) is 7.05 Å². The van der Waals surface area contributed by atoms with E-state index in [0.717, 1.165) is 45.0 Å². The first-order chi connectivity index (χ1) is 10.1. The van der Waals surface area contributed by atoms with Crippen LogP contribution in [0.4, 0.5) is 5.69 Å². The Hall–Kier alpha value is -2.82. The normalized spacial score (nSPS) is 11.5. The lowest BCUT2D eigenvalue weighted by atomic mass is 10.2. The molecule has 2 aromatic carbocycles. The quantitative estimate of drug-likeness (QED) is 0.525. The molecule has 21 heavy (non-hydrogen) atoms. The molecule has 0 bridgehead atoms. The zero-order valence-corrected chi connectivity index (χ0v) is 11.9. The average Bonchev–Trinajstić information content (AvgIpc) is 2.97. The molecule has 0 saturated heterocycles. The second kappa shape index (κ2) is 4.09. The molecular formula is C16H15N5. The predicted molar refractivity (Wildman–Crippen MR) is 85.0 cm³/mol. The Balaban J connectivity index is 1.96. The van der Waals surface area contributed by atoms with Crippen molar-refractivity contribution in [3.8, 4) is 11.4 Å². The van der Waals surface area contributed by atoms with Crippen molar-refractivity contribution >= 4 is 27.8 Å². The Labute approximate surface area is 121 Å². The van der Waals surface area contributed by atoms with Crippen molar-refractivity contribution in [1.29, 1.82) is 0 Å². The number of H-pyrrole nitrogens is 1. The van der Waals surface area contributed by atoms with Crippen LogP contribution in [0.3, 0.4) is 0 Å². The summed E-state index contributed by atoms with van der Waals surface area (Å²) in [7, 11) is 2.02. The zero-order valence-electron chi connectivity index (χ0n) is 11.9. The third kappa shape index (κ3) is 1.78. The highest BCUT2D eigenvalue weighted by Crippen LogP contribution is 2.27. The molecule has 0 spiro atoms. The van der Waals surface area contributed by atoms with Gasteiger partial charge in [0, 0.05) is 18.3 Å². The molecule has 4 aromatic rings. The number of hydrogen-bond acceptors (Lipinski definition) is 3. The van der Waals surface area contributed by atoms with Crippen molar-refractivity contribution in [1.82, 2.24) is 19.5 Å². The van der Waals surface area contributed by atoms with E-state index in [1.807, 2.05) is 44.3 Å². The third-order valence-electron chi connectivity index (χ3n) is 3.76. The van der Waals surface area contributed by atoms with Gasteiger partial charge >= 0.3 is 0 Å². The van der Waals surface area contributed by atoms with Crippen molar-refractivity contribution in [2.45, 2.75) is 6.92 Å². The third-order valence-corrected chi connectivity index (χ3v) is 3.76. The fraction of sp³-hybridized carbons (Fsp3) is 0.125. The summed E-state index contributed by atoms with van der Waals surface area (Å²) >= 11 is 0. The van der Waals surface area contributed by atoms with Crippen LogP contribution in [0, 0.1) is 6.92 Å². The SMILES string of the molecule is Cc1nc2ccc(-c3nc4cc(N)ccc4n3C)cc2[nH]1. The van der Waals surface area contributed by atoms with Crippen LogP contribution in [-0.4, -0.2) is 19.5 Å². The van der Waals surface area contributed by atoms with Crippen molar-refractivity contribution in [3.63, 3.8) is 0 Å². The topological polar surface area (TPSA) is 72.5 Å². The molecule has 4 rings (SSSR count). The van der Waals surface area contributed by atoms with Gasteiger partial charge in [-0.3, -0.25) is 0 Å². The number of fused-ring (bicyclic) bond motifs is 2. The average molecular weight is 277 g/mol. The van der Waals surface area contributed by atoms with Gasteiger partial charge in [-0.05, 0) is 43.3 Å². The van der Waals surface area contributed by atoms with E-state index in [0.29, 0.717) is 0 Å². The van der Waals surface area contributed by atoms with Gasteiger partial charge < -0.3 is 15.3 Å². The number of benzene rings is 2. The van der Waals surface area contributed by atoms with Crippen LogP contribution in [0.25, 0.3) is 33.5 Å². The minimum atomic E-state index is 0.729. The lowest BCUT2D eigenvalue weighted by Gasteiger charge is -2.02. The van der Waals surface area contributed by atoms with E-state index in [9.17, 15) is 0 Å². The van der Waals surface area contributed by atoms with Gasteiger partial charge in [-0.25, -0.2) is 9.97 Å². The molecule has 5 heteroatoms. The Kier molecular flexibility index (Phi) is 2.33. The van der Waals surface area contributed by atoms with E-state index in [2.05, 4.69) is 20.6 Å². The summed E-state index contributed by atoms with van der Waals surface area (Å²) in [6.45, 7) is 1.96. The Morgan fingerprint density at radius 2 is 1.90 bits per heavy atom. The number of nitrogens with one attached hydrogen (secondary N) is 1. The number of aromatic nitrogens is 4. The Morgan fingerprint density at radius 3 is 2.76 bits per heavy atom. The van der Waals surface area contributed by atoms with E-state index in [1.54, 1.807) is 0 Å². The van der Waals surface area contributed by atoms with Crippen LogP contribution in [0.1, 0.15) is 5.82 Å². The summed E-state index contributed by atoms with van der Waals surface area (Å²) < 4.78 is 2.08. The van der Waals surface area contributed by atoms with E-state index in [1.165, 1.54) is 0 Å². The number of aryl methyl sites for hydroxylation is 2.